The number of ether oxygens (including phenoxy) is 1. The van der Waals surface area contributed by atoms with Gasteiger partial charge in [-0.05, 0) is 25.5 Å². The largest absolute Gasteiger partial charge is 0.461 e. The lowest BCUT2D eigenvalue weighted by Crippen LogP contribution is -2.18. The molecule has 86 valence electrons. The maximum atomic E-state index is 11.4. The number of carbonyl (C=O) groups excluding carboxylic acids is 1. The smallest absolute Gasteiger partial charge is 0.354 e. The predicted molar refractivity (Wildman–Crippen MR) is 64.4 cm³/mol. The first kappa shape index (κ1) is 12.2. The summed E-state index contributed by atoms with van der Waals surface area (Å²) in [6, 6.07) is 9.46. The quantitative estimate of drug-likeness (QED) is 0.471. The number of anilines is 1. The van der Waals surface area contributed by atoms with Crippen molar-refractivity contribution in [3.05, 3.63) is 30.3 Å². The van der Waals surface area contributed by atoms with Crippen LogP contribution in [0.2, 0.25) is 0 Å². The molecule has 0 saturated carbocycles. The van der Waals surface area contributed by atoms with E-state index in [4.69, 9.17) is 4.74 Å². The molecule has 16 heavy (non-hydrogen) atoms. The molecule has 0 atom stereocenters. The van der Waals surface area contributed by atoms with E-state index in [1.807, 2.05) is 37.3 Å². The number of hydrogen-bond donors (Lipinski definition) is 1. The molecular weight excluding hydrogens is 204 g/mol. The number of nitrogens with one attached hydrogen (secondary N) is 1. The second-order valence-electron chi connectivity index (χ2n) is 3.11. The Kier molecular flexibility index (Phi) is 5.05. The van der Waals surface area contributed by atoms with Gasteiger partial charge in [-0.2, -0.15) is 5.10 Å². The van der Waals surface area contributed by atoms with Gasteiger partial charge in [0.1, 0.15) is 5.71 Å². The van der Waals surface area contributed by atoms with Crippen LogP contribution < -0.4 is 5.43 Å². The van der Waals surface area contributed by atoms with Crippen LogP contribution in [-0.4, -0.2) is 18.3 Å². The molecule has 1 rings (SSSR count). The van der Waals surface area contributed by atoms with Gasteiger partial charge in [0, 0.05) is 0 Å². The van der Waals surface area contributed by atoms with E-state index >= 15 is 0 Å². The average Bonchev–Trinajstić information content (AvgIpc) is 2.31. The number of nitrogens with zero attached hydrogens (tertiary/aromatic N) is 1. The Bertz CT molecular complexity index is 361. The molecule has 0 bridgehead atoms. The van der Waals surface area contributed by atoms with E-state index in [1.54, 1.807) is 6.92 Å². The minimum Gasteiger partial charge on any atom is -0.461 e. The lowest BCUT2D eigenvalue weighted by atomic mass is 10.3. The first-order chi connectivity index (χ1) is 7.77. The van der Waals surface area contributed by atoms with E-state index in [0.717, 1.165) is 5.69 Å². The maximum absolute atomic E-state index is 11.4. The van der Waals surface area contributed by atoms with Gasteiger partial charge >= 0.3 is 5.97 Å². The van der Waals surface area contributed by atoms with Gasteiger partial charge in [0.05, 0.1) is 12.3 Å². The van der Waals surface area contributed by atoms with Gasteiger partial charge in [-0.25, -0.2) is 4.79 Å². The Labute approximate surface area is 95.3 Å². The summed E-state index contributed by atoms with van der Waals surface area (Å²) in [6.07, 6.45) is 0.540. The van der Waals surface area contributed by atoms with Gasteiger partial charge in [-0.3, -0.25) is 5.43 Å². The summed E-state index contributed by atoms with van der Waals surface area (Å²) >= 11 is 0. The van der Waals surface area contributed by atoms with Crippen LogP contribution in [0.15, 0.2) is 35.4 Å². The molecule has 4 heteroatoms. The fourth-order valence-corrected chi connectivity index (χ4v) is 1.13. The van der Waals surface area contributed by atoms with Crippen molar-refractivity contribution in [1.29, 1.82) is 0 Å². The Balaban J connectivity index is 2.63. The summed E-state index contributed by atoms with van der Waals surface area (Å²) in [4.78, 5) is 11.4. The molecule has 0 radical (unpaired) electrons. The number of para-hydroxylation sites is 1. The molecule has 0 amide bonds. The predicted octanol–water partition coefficient (Wildman–Crippen LogP) is 2.43. The molecule has 0 fully saturated rings. The third-order valence-corrected chi connectivity index (χ3v) is 1.94. The van der Waals surface area contributed by atoms with Gasteiger partial charge in [-0.15, -0.1) is 0 Å². The minimum absolute atomic E-state index is 0.364. The molecule has 0 aliphatic rings. The van der Waals surface area contributed by atoms with Crippen molar-refractivity contribution in [2.24, 2.45) is 5.10 Å². The summed E-state index contributed by atoms with van der Waals surface area (Å²) in [5.41, 5.74) is 4.06. The summed E-state index contributed by atoms with van der Waals surface area (Å²) < 4.78 is 4.87. The fraction of sp³-hybridized carbons (Fsp3) is 0.333. The van der Waals surface area contributed by atoms with Crippen LogP contribution in [0, 0.1) is 0 Å². The summed E-state index contributed by atoms with van der Waals surface area (Å²) in [5, 5.41) is 4.02. The lowest BCUT2D eigenvalue weighted by molar-refractivity contribution is -0.135. The molecule has 0 spiro atoms. The first-order valence-corrected chi connectivity index (χ1v) is 5.32. The monoisotopic (exact) mass is 220 g/mol. The van der Waals surface area contributed by atoms with Gasteiger partial charge in [0.2, 0.25) is 0 Å². The molecule has 0 aliphatic carbocycles. The summed E-state index contributed by atoms with van der Waals surface area (Å²) in [6.45, 7) is 4.00. The molecule has 0 aromatic heterocycles. The van der Waals surface area contributed by atoms with Gasteiger partial charge in [0.25, 0.3) is 0 Å². The number of hydrogen-bond acceptors (Lipinski definition) is 4. The normalized spacial score (nSPS) is 11.0. The summed E-state index contributed by atoms with van der Waals surface area (Å²) in [7, 11) is 0. The van der Waals surface area contributed by atoms with Gasteiger partial charge in [0.15, 0.2) is 0 Å². The van der Waals surface area contributed by atoms with Crippen molar-refractivity contribution in [3.63, 3.8) is 0 Å². The molecule has 0 unspecified atom stereocenters. The second-order valence-corrected chi connectivity index (χ2v) is 3.11. The SMILES string of the molecule is CCOC(=O)C(CC)=NNc1ccccc1. The van der Waals surface area contributed by atoms with E-state index in [1.165, 1.54) is 0 Å². The Morgan fingerprint density at radius 1 is 1.31 bits per heavy atom. The van der Waals surface area contributed by atoms with Crippen LogP contribution in [0.5, 0.6) is 0 Å². The van der Waals surface area contributed by atoms with Crippen molar-refractivity contribution >= 4 is 17.4 Å². The molecule has 1 aromatic rings. The van der Waals surface area contributed by atoms with Crippen molar-refractivity contribution in [1.82, 2.24) is 0 Å². The molecule has 0 heterocycles. The van der Waals surface area contributed by atoms with Crippen molar-refractivity contribution in [2.45, 2.75) is 20.3 Å². The minimum atomic E-state index is -0.367. The van der Waals surface area contributed by atoms with Crippen molar-refractivity contribution < 1.29 is 9.53 Å². The number of benzene rings is 1. The topological polar surface area (TPSA) is 50.7 Å². The molecule has 0 aliphatic heterocycles. The second kappa shape index (κ2) is 6.61. The highest BCUT2D eigenvalue weighted by molar-refractivity contribution is 6.36. The van der Waals surface area contributed by atoms with E-state index in [-0.39, 0.29) is 5.97 Å². The Morgan fingerprint density at radius 3 is 2.56 bits per heavy atom. The fourth-order valence-electron chi connectivity index (χ4n) is 1.13. The molecule has 4 nitrogen and oxygen atoms in total. The average molecular weight is 220 g/mol. The number of esters is 1. The third kappa shape index (κ3) is 3.73. The highest BCUT2D eigenvalue weighted by Crippen LogP contribution is 2.05. The highest BCUT2D eigenvalue weighted by Gasteiger charge is 2.09. The molecule has 1 N–H and O–H groups in total. The van der Waals surface area contributed by atoms with Crippen LogP contribution in [0.4, 0.5) is 5.69 Å². The van der Waals surface area contributed by atoms with Crippen LogP contribution in [0.25, 0.3) is 0 Å². The summed E-state index contributed by atoms with van der Waals surface area (Å²) in [5.74, 6) is -0.367. The Hall–Kier alpha value is -1.84. The lowest BCUT2D eigenvalue weighted by Gasteiger charge is -2.04. The first-order valence-electron chi connectivity index (χ1n) is 5.32. The number of hydrazone groups is 1. The number of rotatable bonds is 5. The Morgan fingerprint density at radius 2 is 2.00 bits per heavy atom. The maximum Gasteiger partial charge on any atom is 0.354 e. The van der Waals surface area contributed by atoms with Crippen LogP contribution >= 0.6 is 0 Å². The van der Waals surface area contributed by atoms with Crippen LogP contribution in [-0.2, 0) is 9.53 Å². The highest BCUT2D eigenvalue weighted by atomic mass is 16.5. The zero-order chi connectivity index (χ0) is 11.8. The van der Waals surface area contributed by atoms with Crippen LogP contribution in [0.1, 0.15) is 20.3 Å². The van der Waals surface area contributed by atoms with Crippen molar-refractivity contribution in [2.75, 3.05) is 12.0 Å². The molecule has 1 aromatic carbocycles. The molecular formula is C12H16N2O2. The third-order valence-electron chi connectivity index (χ3n) is 1.94. The zero-order valence-corrected chi connectivity index (χ0v) is 9.56. The van der Waals surface area contributed by atoms with E-state index < -0.39 is 0 Å². The standard InChI is InChI=1S/C12H16N2O2/c1-3-11(12(15)16-4-2)14-13-10-8-6-5-7-9-10/h5-9,13H,3-4H2,1-2H3. The number of carbonyl (C=O) groups is 1. The van der Waals surface area contributed by atoms with Gasteiger partial charge < -0.3 is 4.74 Å². The van der Waals surface area contributed by atoms with E-state index in [0.29, 0.717) is 18.7 Å². The van der Waals surface area contributed by atoms with E-state index in [9.17, 15) is 4.79 Å². The van der Waals surface area contributed by atoms with E-state index in [2.05, 4.69) is 10.5 Å². The molecule has 0 saturated heterocycles. The van der Waals surface area contributed by atoms with Gasteiger partial charge in [-0.1, -0.05) is 25.1 Å². The van der Waals surface area contributed by atoms with Crippen molar-refractivity contribution in [3.8, 4) is 0 Å². The zero-order valence-electron chi connectivity index (χ0n) is 9.56. The van der Waals surface area contributed by atoms with Crippen LogP contribution in [0.3, 0.4) is 0 Å².